The largest absolute Gasteiger partial charge is 0.507 e. The van der Waals surface area contributed by atoms with Crippen molar-refractivity contribution in [2.24, 2.45) is 0 Å². The number of carbonyl (C=O) groups is 2. The first-order valence-corrected chi connectivity index (χ1v) is 9.00. The summed E-state index contributed by atoms with van der Waals surface area (Å²) in [5.41, 5.74) is 1.17. The van der Waals surface area contributed by atoms with Crippen LogP contribution in [-0.4, -0.2) is 28.8 Å². The number of rotatable bonds is 5. The Balaban J connectivity index is 1.83. The summed E-state index contributed by atoms with van der Waals surface area (Å²) >= 11 is 0. The molecule has 0 bridgehead atoms. The fraction of sp³-hybridized carbons (Fsp3) is 0.182. The van der Waals surface area contributed by atoms with Crippen molar-refractivity contribution in [3.63, 3.8) is 0 Å². The number of furan rings is 2. The third-order valence-corrected chi connectivity index (χ3v) is 4.93. The molecule has 1 aromatic carbocycles. The van der Waals surface area contributed by atoms with Crippen molar-refractivity contribution >= 4 is 17.4 Å². The Hall–Kier alpha value is -3.74. The number of likely N-dealkylation sites (tertiary alicyclic amines) is 1. The highest BCUT2D eigenvalue weighted by atomic mass is 16.5. The fourth-order valence-corrected chi connectivity index (χ4v) is 3.54. The van der Waals surface area contributed by atoms with Gasteiger partial charge in [-0.1, -0.05) is 0 Å². The van der Waals surface area contributed by atoms with Gasteiger partial charge >= 0.3 is 0 Å². The molecular formula is C22H19NO6. The lowest BCUT2D eigenvalue weighted by molar-refractivity contribution is -0.140. The van der Waals surface area contributed by atoms with Crippen LogP contribution in [0.1, 0.15) is 28.7 Å². The second kappa shape index (κ2) is 7.35. The summed E-state index contributed by atoms with van der Waals surface area (Å²) in [7, 11) is 1.55. The van der Waals surface area contributed by atoms with Gasteiger partial charge in [0, 0.05) is 5.56 Å². The topological polar surface area (TPSA) is 93.1 Å². The van der Waals surface area contributed by atoms with E-state index in [1.807, 2.05) is 6.92 Å². The van der Waals surface area contributed by atoms with Crippen molar-refractivity contribution in [3.05, 3.63) is 83.2 Å². The molecule has 1 fully saturated rings. The fourth-order valence-electron chi connectivity index (χ4n) is 3.54. The van der Waals surface area contributed by atoms with Gasteiger partial charge in [0.2, 0.25) is 0 Å². The zero-order valence-corrected chi connectivity index (χ0v) is 15.9. The van der Waals surface area contributed by atoms with Crippen molar-refractivity contribution in [2.45, 2.75) is 19.5 Å². The van der Waals surface area contributed by atoms with Crippen LogP contribution in [0.2, 0.25) is 0 Å². The molecule has 1 aliphatic rings. The molecule has 4 rings (SSSR count). The maximum absolute atomic E-state index is 12.9. The number of ketones is 1. The Morgan fingerprint density at radius 2 is 1.90 bits per heavy atom. The molecule has 2 aromatic heterocycles. The lowest BCUT2D eigenvalue weighted by atomic mass is 9.98. The second-order valence-corrected chi connectivity index (χ2v) is 6.71. The zero-order valence-electron chi connectivity index (χ0n) is 15.9. The van der Waals surface area contributed by atoms with Gasteiger partial charge in [0.05, 0.1) is 31.8 Å². The Kier molecular flexibility index (Phi) is 4.72. The summed E-state index contributed by atoms with van der Waals surface area (Å²) in [6.45, 7) is 1.90. The normalized spacial score (nSPS) is 18.4. The van der Waals surface area contributed by atoms with E-state index in [1.54, 1.807) is 49.6 Å². The van der Waals surface area contributed by atoms with Crippen LogP contribution in [0, 0.1) is 6.92 Å². The van der Waals surface area contributed by atoms with Crippen LogP contribution >= 0.6 is 0 Å². The van der Waals surface area contributed by atoms with Crippen molar-refractivity contribution in [3.8, 4) is 5.75 Å². The third-order valence-electron chi connectivity index (χ3n) is 4.93. The molecule has 3 heterocycles. The molecule has 1 unspecified atom stereocenters. The molecular weight excluding hydrogens is 374 g/mol. The van der Waals surface area contributed by atoms with Gasteiger partial charge in [-0.3, -0.25) is 9.59 Å². The highest BCUT2D eigenvalue weighted by molar-refractivity contribution is 6.46. The smallest absolute Gasteiger partial charge is 0.296 e. The van der Waals surface area contributed by atoms with Gasteiger partial charge in [-0.2, -0.15) is 0 Å². The highest BCUT2D eigenvalue weighted by Crippen LogP contribution is 2.40. The van der Waals surface area contributed by atoms with Crippen LogP contribution in [0.3, 0.4) is 0 Å². The molecule has 0 saturated carbocycles. The predicted octanol–water partition coefficient (Wildman–Crippen LogP) is 3.81. The first kappa shape index (κ1) is 18.6. The number of carbonyl (C=O) groups excluding carboxylic acids is 2. The van der Waals surface area contributed by atoms with Crippen molar-refractivity contribution < 1.29 is 28.3 Å². The number of aliphatic hydroxyl groups excluding tert-OH is 1. The number of Topliss-reactive ketones (excluding diaryl/α,β-unsaturated/α-hetero) is 1. The summed E-state index contributed by atoms with van der Waals surface area (Å²) in [6, 6.07) is 10.9. The summed E-state index contributed by atoms with van der Waals surface area (Å²) in [6.07, 6.45) is 2.95. The standard InChI is InChI=1S/C22H19NO6/c1-13-11-14(7-8-16(13)27-2)20(24)18-19(17-6-4-10-29-17)23(22(26)21(18)25)12-15-5-3-9-28-15/h3-11,19,24H,12H2,1-2H3/b20-18-. The van der Waals surface area contributed by atoms with Crippen LogP contribution < -0.4 is 4.74 Å². The van der Waals surface area contributed by atoms with Crippen molar-refractivity contribution in [1.29, 1.82) is 0 Å². The number of benzene rings is 1. The van der Waals surface area contributed by atoms with Gasteiger partial charge in [0.15, 0.2) is 0 Å². The van der Waals surface area contributed by atoms with E-state index in [-0.39, 0.29) is 17.9 Å². The van der Waals surface area contributed by atoms with E-state index in [1.165, 1.54) is 17.4 Å². The molecule has 0 radical (unpaired) electrons. The molecule has 1 atom stereocenters. The maximum Gasteiger partial charge on any atom is 0.296 e. The molecule has 3 aromatic rings. The monoisotopic (exact) mass is 393 g/mol. The summed E-state index contributed by atoms with van der Waals surface area (Å²) in [5, 5.41) is 11.0. The lowest BCUT2D eigenvalue weighted by Gasteiger charge is -2.22. The Morgan fingerprint density at radius 1 is 1.14 bits per heavy atom. The van der Waals surface area contributed by atoms with E-state index in [0.29, 0.717) is 22.8 Å². The minimum atomic E-state index is -0.863. The quantitative estimate of drug-likeness (QED) is 0.402. The average molecular weight is 393 g/mol. The van der Waals surface area contributed by atoms with E-state index in [4.69, 9.17) is 13.6 Å². The third kappa shape index (κ3) is 3.20. The van der Waals surface area contributed by atoms with Crippen LogP contribution in [0.25, 0.3) is 5.76 Å². The number of ether oxygens (including phenoxy) is 1. The molecule has 148 valence electrons. The van der Waals surface area contributed by atoms with E-state index in [9.17, 15) is 14.7 Å². The number of amides is 1. The van der Waals surface area contributed by atoms with Gasteiger partial charge in [-0.05, 0) is 55.0 Å². The molecule has 0 spiro atoms. The Morgan fingerprint density at radius 3 is 2.52 bits per heavy atom. The number of nitrogens with zero attached hydrogens (tertiary/aromatic N) is 1. The van der Waals surface area contributed by atoms with Gasteiger partial charge in [-0.15, -0.1) is 0 Å². The molecule has 1 aliphatic heterocycles. The average Bonchev–Trinajstić information content (AvgIpc) is 3.46. The van der Waals surface area contributed by atoms with E-state index < -0.39 is 17.7 Å². The summed E-state index contributed by atoms with van der Waals surface area (Å²) in [4.78, 5) is 27.0. The Labute approximate surface area is 166 Å². The van der Waals surface area contributed by atoms with Crippen LogP contribution in [0.4, 0.5) is 0 Å². The molecule has 7 heteroatoms. The van der Waals surface area contributed by atoms with Crippen molar-refractivity contribution in [1.82, 2.24) is 4.90 Å². The van der Waals surface area contributed by atoms with Crippen LogP contribution in [0.15, 0.2) is 69.4 Å². The number of aryl methyl sites for hydroxylation is 1. The highest BCUT2D eigenvalue weighted by Gasteiger charge is 2.47. The number of hydrogen-bond donors (Lipinski definition) is 1. The van der Waals surface area contributed by atoms with Gasteiger partial charge in [0.25, 0.3) is 11.7 Å². The maximum atomic E-state index is 12.9. The number of hydrogen-bond acceptors (Lipinski definition) is 6. The summed E-state index contributed by atoms with van der Waals surface area (Å²) in [5.74, 6) is -0.218. The molecule has 1 saturated heterocycles. The van der Waals surface area contributed by atoms with Crippen molar-refractivity contribution in [2.75, 3.05) is 7.11 Å². The second-order valence-electron chi connectivity index (χ2n) is 6.71. The van der Waals surface area contributed by atoms with Gasteiger partial charge in [-0.25, -0.2) is 0 Å². The van der Waals surface area contributed by atoms with Crippen LogP contribution in [-0.2, 0) is 16.1 Å². The van der Waals surface area contributed by atoms with Gasteiger partial charge in [0.1, 0.15) is 29.1 Å². The van der Waals surface area contributed by atoms with E-state index in [0.717, 1.165) is 5.56 Å². The molecule has 29 heavy (non-hydrogen) atoms. The lowest BCUT2D eigenvalue weighted by Crippen LogP contribution is -2.28. The van der Waals surface area contributed by atoms with Crippen LogP contribution in [0.5, 0.6) is 5.75 Å². The van der Waals surface area contributed by atoms with E-state index >= 15 is 0 Å². The first-order chi connectivity index (χ1) is 14.0. The number of methoxy groups -OCH3 is 1. The van der Waals surface area contributed by atoms with Gasteiger partial charge < -0.3 is 23.6 Å². The molecule has 7 nitrogen and oxygen atoms in total. The number of aliphatic hydroxyl groups is 1. The molecule has 0 aliphatic carbocycles. The molecule has 1 amide bonds. The minimum Gasteiger partial charge on any atom is -0.507 e. The zero-order chi connectivity index (χ0) is 20.5. The first-order valence-electron chi connectivity index (χ1n) is 9.00. The molecule has 1 N–H and O–H groups in total. The minimum absolute atomic E-state index is 0.0268. The summed E-state index contributed by atoms with van der Waals surface area (Å²) < 4.78 is 16.1. The van der Waals surface area contributed by atoms with E-state index in [2.05, 4.69) is 0 Å². The SMILES string of the molecule is COc1ccc(/C(O)=C2/C(=O)C(=O)N(Cc3ccco3)C2c2ccco2)cc1C. The predicted molar refractivity (Wildman–Crippen MR) is 103 cm³/mol. The Bertz CT molecular complexity index is 1080.